The molecule has 1 aromatic heterocycles. The monoisotopic (exact) mass is 206 g/mol. The molecule has 0 saturated carbocycles. The summed E-state index contributed by atoms with van der Waals surface area (Å²) in [5.74, 6) is 1.91. The lowest BCUT2D eigenvalue weighted by atomic mass is 10.2. The van der Waals surface area contributed by atoms with Gasteiger partial charge in [0.25, 0.3) is 0 Å². The van der Waals surface area contributed by atoms with Crippen molar-refractivity contribution in [3.63, 3.8) is 0 Å². The zero-order valence-electron chi connectivity index (χ0n) is 7.96. The van der Waals surface area contributed by atoms with Crippen LogP contribution in [0.4, 0.5) is 0 Å². The summed E-state index contributed by atoms with van der Waals surface area (Å²) in [6.07, 6.45) is 0.924. The minimum atomic E-state index is 0.746. The van der Waals surface area contributed by atoms with E-state index in [4.69, 9.17) is 16.0 Å². The lowest BCUT2D eigenvalue weighted by Gasteiger charge is -1.96. The van der Waals surface area contributed by atoms with Crippen molar-refractivity contribution in [3.05, 3.63) is 47.2 Å². The van der Waals surface area contributed by atoms with Crippen LogP contribution in [0.5, 0.6) is 0 Å². The quantitative estimate of drug-likeness (QED) is 0.719. The number of aryl methyl sites for hydroxylation is 1. The zero-order chi connectivity index (χ0) is 9.97. The second kappa shape index (κ2) is 3.89. The summed E-state index contributed by atoms with van der Waals surface area (Å²) in [5.41, 5.74) is 1.06. The van der Waals surface area contributed by atoms with Gasteiger partial charge in [-0.1, -0.05) is 18.5 Å². The molecule has 1 nitrogen and oxygen atoms in total. The highest BCUT2D eigenvalue weighted by molar-refractivity contribution is 6.30. The molecule has 2 rings (SSSR count). The SMILES string of the molecule is CCc1ccc(-c2ccc(Cl)cc2)o1. The summed E-state index contributed by atoms with van der Waals surface area (Å²) < 4.78 is 5.62. The van der Waals surface area contributed by atoms with Crippen LogP contribution < -0.4 is 0 Å². The van der Waals surface area contributed by atoms with Gasteiger partial charge in [0.2, 0.25) is 0 Å². The molecule has 0 unspecified atom stereocenters. The number of benzene rings is 1. The predicted octanol–water partition coefficient (Wildman–Crippen LogP) is 4.16. The Balaban J connectivity index is 2.34. The topological polar surface area (TPSA) is 13.1 Å². The second-order valence-electron chi connectivity index (χ2n) is 3.13. The van der Waals surface area contributed by atoms with Crippen molar-refractivity contribution in [2.24, 2.45) is 0 Å². The smallest absolute Gasteiger partial charge is 0.134 e. The lowest BCUT2D eigenvalue weighted by Crippen LogP contribution is -1.73. The number of hydrogen-bond acceptors (Lipinski definition) is 1. The van der Waals surface area contributed by atoms with Crippen molar-refractivity contribution < 1.29 is 4.42 Å². The van der Waals surface area contributed by atoms with Crippen molar-refractivity contribution in [2.45, 2.75) is 13.3 Å². The first-order valence-electron chi connectivity index (χ1n) is 4.64. The normalized spacial score (nSPS) is 10.4. The molecule has 0 spiro atoms. The van der Waals surface area contributed by atoms with E-state index in [-0.39, 0.29) is 0 Å². The molecule has 0 bridgehead atoms. The molecule has 2 heteroatoms. The molecular weight excluding hydrogens is 196 g/mol. The van der Waals surface area contributed by atoms with Crippen LogP contribution in [-0.2, 0) is 6.42 Å². The van der Waals surface area contributed by atoms with E-state index in [9.17, 15) is 0 Å². The maximum atomic E-state index is 5.80. The second-order valence-corrected chi connectivity index (χ2v) is 3.56. The summed E-state index contributed by atoms with van der Waals surface area (Å²) in [7, 11) is 0. The van der Waals surface area contributed by atoms with Crippen LogP contribution in [0.2, 0.25) is 5.02 Å². The fourth-order valence-corrected chi connectivity index (χ4v) is 1.46. The molecule has 0 N–H and O–H groups in total. The van der Waals surface area contributed by atoms with Gasteiger partial charge < -0.3 is 4.42 Å². The van der Waals surface area contributed by atoms with Gasteiger partial charge in [0.15, 0.2) is 0 Å². The molecule has 0 radical (unpaired) electrons. The summed E-state index contributed by atoms with van der Waals surface area (Å²) in [6, 6.07) is 11.6. The average Bonchev–Trinajstić information content (AvgIpc) is 2.67. The molecular formula is C12H11ClO. The minimum absolute atomic E-state index is 0.746. The third kappa shape index (κ3) is 1.83. The Hall–Kier alpha value is -1.21. The van der Waals surface area contributed by atoms with Gasteiger partial charge in [-0.2, -0.15) is 0 Å². The average molecular weight is 207 g/mol. The first kappa shape index (κ1) is 9.35. The van der Waals surface area contributed by atoms with Gasteiger partial charge in [-0.25, -0.2) is 0 Å². The third-order valence-electron chi connectivity index (χ3n) is 2.14. The number of furan rings is 1. The first-order valence-corrected chi connectivity index (χ1v) is 5.02. The number of rotatable bonds is 2. The van der Waals surface area contributed by atoms with Crippen LogP contribution in [0.15, 0.2) is 40.8 Å². The maximum Gasteiger partial charge on any atom is 0.134 e. The molecule has 0 aliphatic carbocycles. The Labute approximate surface area is 88.3 Å². The van der Waals surface area contributed by atoms with Crippen LogP contribution in [0, 0.1) is 0 Å². The Bertz CT molecular complexity index is 414. The molecule has 0 fully saturated rings. The molecule has 0 saturated heterocycles. The Morgan fingerprint density at radius 1 is 1.07 bits per heavy atom. The van der Waals surface area contributed by atoms with Gasteiger partial charge in [-0.05, 0) is 36.4 Å². The predicted molar refractivity (Wildman–Crippen MR) is 58.5 cm³/mol. The highest BCUT2D eigenvalue weighted by Crippen LogP contribution is 2.23. The summed E-state index contributed by atoms with van der Waals surface area (Å²) in [5, 5.41) is 0.746. The van der Waals surface area contributed by atoms with Gasteiger partial charge in [0.05, 0.1) is 0 Å². The van der Waals surface area contributed by atoms with E-state index in [1.807, 2.05) is 36.4 Å². The summed E-state index contributed by atoms with van der Waals surface area (Å²) in [6.45, 7) is 2.07. The van der Waals surface area contributed by atoms with Crippen molar-refractivity contribution in [1.82, 2.24) is 0 Å². The van der Waals surface area contributed by atoms with Gasteiger partial charge in [-0.3, -0.25) is 0 Å². The lowest BCUT2D eigenvalue weighted by molar-refractivity contribution is 0.529. The van der Waals surface area contributed by atoms with Crippen molar-refractivity contribution in [1.29, 1.82) is 0 Å². The van der Waals surface area contributed by atoms with Gasteiger partial charge in [0, 0.05) is 17.0 Å². The maximum absolute atomic E-state index is 5.80. The molecule has 0 aliphatic rings. The molecule has 2 aromatic rings. The van der Waals surface area contributed by atoms with E-state index in [1.54, 1.807) is 0 Å². The van der Waals surface area contributed by atoms with Crippen LogP contribution >= 0.6 is 11.6 Å². The summed E-state index contributed by atoms with van der Waals surface area (Å²) in [4.78, 5) is 0. The number of halogens is 1. The molecule has 0 amide bonds. The summed E-state index contributed by atoms with van der Waals surface area (Å²) >= 11 is 5.80. The van der Waals surface area contributed by atoms with Gasteiger partial charge in [0.1, 0.15) is 11.5 Å². The van der Waals surface area contributed by atoms with E-state index < -0.39 is 0 Å². The van der Waals surface area contributed by atoms with E-state index in [1.165, 1.54) is 0 Å². The fraction of sp³-hybridized carbons (Fsp3) is 0.167. The molecule has 14 heavy (non-hydrogen) atoms. The standard InChI is InChI=1S/C12H11ClO/c1-2-11-7-8-12(14-11)9-3-5-10(13)6-4-9/h3-8H,2H2,1H3. The molecule has 1 aromatic carbocycles. The van der Waals surface area contributed by atoms with Gasteiger partial charge in [-0.15, -0.1) is 0 Å². The molecule has 1 heterocycles. The molecule has 72 valence electrons. The highest BCUT2D eigenvalue weighted by Gasteiger charge is 2.02. The van der Waals surface area contributed by atoms with Gasteiger partial charge >= 0.3 is 0 Å². The van der Waals surface area contributed by atoms with E-state index >= 15 is 0 Å². The van der Waals surface area contributed by atoms with Crippen molar-refractivity contribution >= 4 is 11.6 Å². The van der Waals surface area contributed by atoms with Crippen molar-refractivity contribution in [3.8, 4) is 11.3 Å². The van der Waals surface area contributed by atoms with E-state index in [0.29, 0.717) is 0 Å². The van der Waals surface area contributed by atoms with Crippen LogP contribution in [0.1, 0.15) is 12.7 Å². The zero-order valence-corrected chi connectivity index (χ0v) is 8.71. The highest BCUT2D eigenvalue weighted by atomic mass is 35.5. The van der Waals surface area contributed by atoms with Crippen LogP contribution in [-0.4, -0.2) is 0 Å². The van der Waals surface area contributed by atoms with E-state index in [0.717, 1.165) is 28.5 Å². The Morgan fingerprint density at radius 3 is 2.36 bits per heavy atom. The molecule has 0 atom stereocenters. The van der Waals surface area contributed by atoms with Crippen molar-refractivity contribution in [2.75, 3.05) is 0 Å². The minimum Gasteiger partial charge on any atom is -0.461 e. The Morgan fingerprint density at radius 2 is 1.79 bits per heavy atom. The fourth-order valence-electron chi connectivity index (χ4n) is 1.34. The Kier molecular flexibility index (Phi) is 2.60. The number of hydrogen-bond donors (Lipinski definition) is 0. The first-order chi connectivity index (χ1) is 6.79. The largest absolute Gasteiger partial charge is 0.461 e. The van der Waals surface area contributed by atoms with Crippen LogP contribution in [0.3, 0.4) is 0 Å². The molecule has 0 aliphatic heterocycles. The van der Waals surface area contributed by atoms with Crippen LogP contribution in [0.25, 0.3) is 11.3 Å². The third-order valence-corrected chi connectivity index (χ3v) is 2.39. The van der Waals surface area contributed by atoms with E-state index in [2.05, 4.69) is 6.92 Å².